The van der Waals surface area contributed by atoms with Crippen molar-refractivity contribution < 1.29 is 67.5 Å². The minimum atomic E-state index is -2.51. The number of aromatic nitrogens is 4. The number of nitrogens with zero attached hydrogens (tertiary/aromatic N) is 6. The minimum Gasteiger partial charge on any atom is -0.755 e. The van der Waals surface area contributed by atoms with Gasteiger partial charge in [0, 0.05) is 73.1 Å². The highest BCUT2D eigenvalue weighted by Gasteiger charge is 2.33. The molecule has 3 rings (SSSR count). The molecule has 0 radical (unpaired) electrons. The smallest absolute Gasteiger partial charge is 0.323 e. The average molecular weight is 820 g/mol. The Hall–Kier alpha value is -6.20. The first kappa shape index (κ1) is 45.2. The van der Waals surface area contributed by atoms with E-state index in [2.05, 4.69) is 20.0 Å². The van der Waals surface area contributed by atoms with E-state index in [1.54, 1.807) is 24.3 Å². The molecule has 2 amide bonds. The predicted molar refractivity (Wildman–Crippen MR) is 194 cm³/mol. The number of anilines is 1. The summed E-state index contributed by atoms with van der Waals surface area (Å²) >= 11 is -2.51. The molecule has 0 saturated carbocycles. The van der Waals surface area contributed by atoms with Gasteiger partial charge in [-0.15, -0.1) is 0 Å². The molecule has 310 valence electrons. The fourth-order valence-corrected chi connectivity index (χ4v) is 6.19. The molecule has 0 saturated heterocycles. The van der Waals surface area contributed by atoms with E-state index < -0.39 is 85.0 Å². The van der Waals surface area contributed by atoms with E-state index in [0.29, 0.717) is 35.2 Å². The molecule has 23 heteroatoms. The summed E-state index contributed by atoms with van der Waals surface area (Å²) in [5.74, 6) is -5.78. The van der Waals surface area contributed by atoms with E-state index >= 15 is 0 Å². The van der Waals surface area contributed by atoms with Crippen molar-refractivity contribution in [1.29, 1.82) is 0 Å². The Morgan fingerprint density at radius 1 is 0.825 bits per heavy atom. The van der Waals surface area contributed by atoms with Crippen LogP contribution in [0, 0.1) is 0 Å². The van der Waals surface area contributed by atoms with Crippen molar-refractivity contribution in [1.82, 2.24) is 34.2 Å². The number of carboxylic acids is 4. The number of aliphatic carboxylic acids is 4. The van der Waals surface area contributed by atoms with E-state index in [1.807, 2.05) is 4.90 Å². The molecule has 0 spiro atoms. The Balaban J connectivity index is 1.87. The number of benzene rings is 1. The first-order chi connectivity index (χ1) is 27.1. The molecule has 0 aliphatic heterocycles. The third-order valence-electron chi connectivity index (χ3n) is 8.64. The molecule has 2 heterocycles. The van der Waals surface area contributed by atoms with Gasteiger partial charge in [-0.05, 0) is 37.0 Å². The van der Waals surface area contributed by atoms with Crippen molar-refractivity contribution in [2.24, 2.45) is 0 Å². The van der Waals surface area contributed by atoms with Crippen LogP contribution in [0.2, 0.25) is 0 Å². The topological polar surface area (TPSA) is 316 Å². The lowest BCUT2D eigenvalue weighted by molar-refractivity contribution is -0.149. The number of hydrogen-bond donors (Lipinski definition) is 6. The summed E-state index contributed by atoms with van der Waals surface area (Å²) in [5, 5.41) is 39.9. The van der Waals surface area contributed by atoms with Crippen molar-refractivity contribution in [3.05, 3.63) is 66.3 Å². The normalized spacial score (nSPS) is 11.8. The third kappa shape index (κ3) is 16.2. The van der Waals surface area contributed by atoms with Crippen molar-refractivity contribution in [2.45, 2.75) is 70.2 Å². The van der Waals surface area contributed by atoms with Crippen LogP contribution in [0.25, 0.3) is 0 Å². The molecular formula is C34H43N8O14S-. The molecular weight excluding hydrogens is 776 g/mol. The fourth-order valence-electron chi connectivity index (χ4n) is 5.86. The van der Waals surface area contributed by atoms with E-state index in [-0.39, 0.29) is 52.0 Å². The predicted octanol–water partition coefficient (Wildman–Crippen LogP) is -0.324. The second-order valence-corrected chi connectivity index (χ2v) is 13.5. The highest BCUT2D eigenvalue weighted by molar-refractivity contribution is 7.80. The maximum Gasteiger partial charge on any atom is 0.323 e. The monoisotopic (exact) mass is 819 g/mol. The second-order valence-electron chi connectivity index (χ2n) is 12.8. The van der Waals surface area contributed by atoms with Gasteiger partial charge < -0.3 is 53.8 Å². The van der Waals surface area contributed by atoms with Crippen LogP contribution in [0.3, 0.4) is 0 Å². The molecule has 0 aliphatic rings. The van der Waals surface area contributed by atoms with Crippen LogP contribution in [-0.2, 0) is 82.2 Å². The summed E-state index contributed by atoms with van der Waals surface area (Å²) in [5.41, 5.74) is -0.169. The molecule has 1 unspecified atom stereocenters. The van der Waals surface area contributed by atoms with E-state index in [4.69, 9.17) is 4.74 Å². The van der Waals surface area contributed by atoms with Crippen LogP contribution in [0.1, 0.15) is 49.3 Å². The summed E-state index contributed by atoms with van der Waals surface area (Å²) < 4.78 is 32.1. The van der Waals surface area contributed by atoms with Crippen LogP contribution in [0.15, 0.2) is 49.1 Å². The molecule has 0 fully saturated rings. The van der Waals surface area contributed by atoms with Crippen molar-refractivity contribution in [3.63, 3.8) is 0 Å². The van der Waals surface area contributed by atoms with Gasteiger partial charge in [0.05, 0.1) is 19.7 Å². The highest BCUT2D eigenvalue weighted by atomic mass is 32.2. The Labute approximate surface area is 327 Å². The lowest BCUT2D eigenvalue weighted by Crippen LogP contribution is -2.51. The maximum absolute atomic E-state index is 13.5. The molecule has 57 heavy (non-hydrogen) atoms. The molecule has 3 aromatic rings. The molecule has 1 aromatic carbocycles. The average Bonchev–Trinajstić information content (AvgIpc) is 3.76. The zero-order valence-corrected chi connectivity index (χ0v) is 31.4. The van der Waals surface area contributed by atoms with Crippen LogP contribution < -0.4 is 10.0 Å². The number of carbonyl (C=O) groups is 7. The van der Waals surface area contributed by atoms with E-state index in [9.17, 15) is 62.7 Å². The Morgan fingerprint density at radius 2 is 1.37 bits per heavy atom. The zero-order valence-electron chi connectivity index (χ0n) is 30.6. The molecule has 22 nitrogen and oxygen atoms in total. The van der Waals surface area contributed by atoms with Crippen LogP contribution in [0.4, 0.5) is 5.69 Å². The summed E-state index contributed by atoms with van der Waals surface area (Å²) in [6.07, 6.45) is 5.16. The van der Waals surface area contributed by atoms with Gasteiger partial charge in [-0.1, -0.05) is 12.1 Å². The maximum atomic E-state index is 13.5. The Bertz CT molecular complexity index is 1850. The summed E-state index contributed by atoms with van der Waals surface area (Å²) in [4.78, 5) is 94.3. The van der Waals surface area contributed by atoms with Crippen molar-refractivity contribution in [3.8, 4) is 0 Å². The Morgan fingerprint density at radius 3 is 1.86 bits per heavy atom. The van der Waals surface area contributed by atoms with Crippen LogP contribution >= 0.6 is 0 Å². The van der Waals surface area contributed by atoms with Gasteiger partial charge in [0.1, 0.15) is 37.8 Å². The number of hydrogen-bond acceptors (Lipinski definition) is 13. The first-order valence-corrected chi connectivity index (χ1v) is 18.3. The van der Waals surface area contributed by atoms with Gasteiger partial charge in [-0.2, -0.15) is 0 Å². The standard InChI is InChI=1S/C34H44N8O14S/c43-23-56-16-10-34(8-5-30(46)47,9-6-31(48)49)37-28(44)19-40-14-11-35-26(40)17-39(13-7-24-1-3-25(4-2-24)38-57(54)55)18-27-36-12-15-41(27)20-29(45)42(21-32(50)51)22-33(52)53/h1-4,11-12,14-15,23,38H,5-10,13,16-22H2,(H,37,44)(H,46,47)(H,48,49)(H,50,51)(H,52,53)(H,54,55)/p-1. The number of ether oxygens (including phenoxy) is 1. The van der Waals surface area contributed by atoms with E-state index in [0.717, 1.165) is 5.56 Å². The summed E-state index contributed by atoms with van der Waals surface area (Å²) in [7, 11) is 0. The fraction of sp³-hybridized carbons (Fsp3) is 0.441. The largest absolute Gasteiger partial charge is 0.755 e. The third-order valence-corrected chi connectivity index (χ3v) is 9.04. The van der Waals surface area contributed by atoms with Gasteiger partial charge in [0.2, 0.25) is 11.8 Å². The summed E-state index contributed by atoms with van der Waals surface area (Å²) in [6.45, 7) is -1.91. The zero-order chi connectivity index (χ0) is 42.0. The lowest BCUT2D eigenvalue weighted by Gasteiger charge is -2.34. The minimum absolute atomic E-state index is 0.0477. The molecule has 1 atom stereocenters. The first-order valence-electron chi connectivity index (χ1n) is 17.3. The number of amides is 2. The van der Waals surface area contributed by atoms with Gasteiger partial charge in [-0.3, -0.25) is 42.7 Å². The van der Waals surface area contributed by atoms with Crippen molar-refractivity contribution >= 4 is 59.1 Å². The van der Waals surface area contributed by atoms with Crippen molar-refractivity contribution in [2.75, 3.05) is 31.0 Å². The number of carbonyl (C=O) groups excluding carboxylic acids is 3. The quantitative estimate of drug-likeness (QED) is 0.0310. The van der Waals surface area contributed by atoms with Crippen LogP contribution in [-0.4, -0.2) is 132 Å². The van der Waals surface area contributed by atoms with Crippen LogP contribution in [0.5, 0.6) is 0 Å². The number of rotatable bonds is 28. The highest BCUT2D eigenvalue weighted by Crippen LogP contribution is 2.25. The SMILES string of the molecule is O=COCCC(CCC(=O)O)(CCC(=O)O)NC(=O)Cn1ccnc1CN(CCc1ccc(NS(=O)[O-])cc1)Cc1nccn1CC(=O)N(CC(=O)O)CC(=O)O. The van der Waals surface area contributed by atoms with Gasteiger partial charge in [0.15, 0.2) is 0 Å². The lowest BCUT2D eigenvalue weighted by atomic mass is 9.85. The number of nitrogens with one attached hydrogen (secondary N) is 2. The number of carboxylic acid groups (broad SMARTS) is 4. The molecule has 2 aromatic heterocycles. The second kappa shape index (κ2) is 22.4. The van der Waals surface area contributed by atoms with Gasteiger partial charge in [0.25, 0.3) is 6.47 Å². The van der Waals surface area contributed by atoms with Gasteiger partial charge >= 0.3 is 23.9 Å². The molecule has 0 aliphatic carbocycles. The van der Waals surface area contributed by atoms with E-state index in [1.165, 1.54) is 33.9 Å². The summed E-state index contributed by atoms with van der Waals surface area (Å²) in [6, 6.07) is 6.60. The van der Waals surface area contributed by atoms with Gasteiger partial charge in [-0.25, -0.2) is 9.97 Å². The molecule has 0 bridgehead atoms. The molecule has 6 N–H and O–H groups in total. The Kier molecular flexibility index (Phi) is 17.7. The number of imidazole rings is 2.